The largest absolute Gasteiger partial charge is 0.490 e. The maximum Gasteiger partial charge on any atom is 0.289 e. The summed E-state index contributed by atoms with van der Waals surface area (Å²) in [6.07, 6.45) is 4.03. The van der Waals surface area contributed by atoms with Crippen molar-refractivity contribution in [3.63, 3.8) is 0 Å². The molecule has 14 nitrogen and oxygen atoms in total. The Balaban J connectivity index is 0.971. The minimum absolute atomic E-state index is 0.157. The zero-order valence-corrected chi connectivity index (χ0v) is 29.2. The number of Topliss-reactive ketones (excluding diaryl/α,β-unsaturated/α-hetero) is 1. The third kappa shape index (κ3) is 7.75. The van der Waals surface area contributed by atoms with Crippen LogP contribution in [-0.4, -0.2) is 116 Å². The number of piperazine rings is 1. The van der Waals surface area contributed by atoms with Gasteiger partial charge in [-0.2, -0.15) is 4.98 Å². The lowest BCUT2D eigenvalue weighted by Crippen LogP contribution is -2.56. The molecule has 3 fully saturated rings. The number of carbonyl (C=O) groups excluding carboxylic acids is 2. The molecule has 1 atom stereocenters. The molecule has 0 radical (unpaired) electrons. The van der Waals surface area contributed by atoms with E-state index in [0.29, 0.717) is 72.0 Å². The molecule has 2 aromatic heterocycles. The predicted molar refractivity (Wildman–Crippen MR) is 197 cm³/mol. The number of carbonyl (C=O) groups is 2. The van der Waals surface area contributed by atoms with E-state index >= 15 is 0 Å². The first-order valence-electron chi connectivity index (χ1n) is 18.0. The van der Waals surface area contributed by atoms with Gasteiger partial charge in [0.25, 0.3) is 5.91 Å². The molecule has 3 aliphatic rings. The van der Waals surface area contributed by atoms with Crippen molar-refractivity contribution >= 4 is 29.0 Å². The Kier molecular flexibility index (Phi) is 10.1. The van der Waals surface area contributed by atoms with Gasteiger partial charge in [-0.3, -0.25) is 14.5 Å². The molecule has 3 saturated heterocycles. The summed E-state index contributed by atoms with van der Waals surface area (Å²) in [5, 5.41) is 14.8. The molecular weight excluding hydrogens is 674 g/mol. The molecule has 53 heavy (non-hydrogen) atoms. The number of anilines is 3. The normalized spacial score (nSPS) is 17.6. The van der Waals surface area contributed by atoms with E-state index in [1.807, 2.05) is 18.2 Å². The molecule has 0 aliphatic carbocycles. The van der Waals surface area contributed by atoms with E-state index in [4.69, 9.17) is 9.47 Å². The van der Waals surface area contributed by atoms with Crippen LogP contribution in [0.5, 0.6) is 5.75 Å². The molecule has 1 amide bonds. The van der Waals surface area contributed by atoms with Crippen molar-refractivity contribution in [2.45, 2.75) is 31.1 Å². The zero-order valence-electron chi connectivity index (χ0n) is 29.2. The minimum atomic E-state index is -1.50. The molecule has 0 saturated carbocycles. The quantitative estimate of drug-likeness (QED) is 0.168. The fourth-order valence-electron chi connectivity index (χ4n) is 6.96. The van der Waals surface area contributed by atoms with Crippen molar-refractivity contribution < 1.29 is 24.2 Å². The van der Waals surface area contributed by atoms with Gasteiger partial charge in [0.2, 0.25) is 5.95 Å². The predicted octanol–water partition coefficient (Wildman–Crippen LogP) is 4.13. The number of H-pyrrole nitrogens is 1. The highest BCUT2D eigenvalue weighted by molar-refractivity contribution is 6.00. The Hall–Kier alpha value is -5.70. The van der Waals surface area contributed by atoms with Gasteiger partial charge in [0.1, 0.15) is 24.3 Å². The Morgan fingerprint density at radius 2 is 1.68 bits per heavy atom. The zero-order chi connectivity index (χ0) is 36.1. The van der Waals surface area contributed by atoms with Crippen LogP contribution in [0.25, 0.3) is 11.4 Å². The standard InChI is InChI=1S/C39H41N9O5/c49-34(26-4-2-1-3-5-26)35(50)32-22-27(6-11-33(32)53-31-12-16-48(17-13-31)38(51)37-40-14-15-41-37)36-42-25-43-39(45-36)44-28-7-9-29(10-8-28)46-18-20-47(21-19-46)30-23-52-24-30/h1-11,14-15,22,25,30-31,35,50H,12-13,16-21,23-24H2,(H,40,41)(H,42,43,44,45). The number of hydrogen-bond acceptors (Lipinski definition) is 12. The summed E-state index contributed by atoms with van der Waals surface area (Å²) in [5.74, 6) is 0.799. The first-order chi connectivity index (χ1) is 26.0. The molecule has 3 N–H and O–H groups in total. The van der Waals surface area contributed by atoms with Crippen LogP contribution in [0, 0.1) is 0 Å². The maximum absolute atomic E-state index is 13.5. The van der Waals surface area contributed by atoms with Crippen LogP contribution in [0.2, 0.25) is 0 Å². The number of aromatic amines is 1. The lowest BCUT2D eigenvalue weighted by molar-refractivity contribution is -0.0660. The summed E-state index contributed by atoms with van der Waals surface area (Å²) in [4.78, 5) is 53.3. The molecule has 1 unspecified atom stereocenters. The Bertz CT molecular complexity index is 2010. The van der Waals surface area contributed by atoms with Crippen LogP contribution < -0.4 is 15.0 Å². The Morgan fingerprint density at radius 3 is 2.38 bits per heavy atom. The maximum atomic E-state index is 13.5. The van der Waals surface area contributed by atoms with Crippen molar-refractivity contribution in [3.8, 4) is 17.1 Å². The number of nitrogens with one attached hydrogen (secondary N) is 2. The minimum Gasteiger partial charge on any atom is -0.490 e. The Morgan fingerprint density at radius 1 is 0.906 bits per heavy atom. The number of piperidine rings is 1. The van der Waals surface area contributed by atoms with E-state index in [0.717, 1.165) is 45.1 Å². The van der Waals surface area contributed by atoms with E-state index in [1.165, 1.54) is 12.0 Å². The molecule has 5 aromatic rings. The van der Waals surface area contributed by atoms with Gasteiger partial charge in [-0.25, -0.2) is 15.0 Å². The van der Waals surface area contributed by atoms with Crippen molar-refractivity contribution in [1.82, 2.24) is 34.7 Å². The average Bonchev–Trinajstić information content (AvgIpc) is 3.74. The number of ketones is 1. The van der Waals surface area contributed by atoms with Crippen molar-refractivity contribution in [2.75, 3.05) is 62.7 Å². The molecule has 0 bridgehead atoms. The summed E-state index contributed by atoms with van der Waals surface area (Å²) >= 11 is 0. The second kappa shape index (κ2) is 15.5. The number of amides is 1. The van der Waals surface area contributed by atoms with Gasteiger partial charge in [0.05, 0.1) is 19.3 Å². The fraction of sp³-hybridized carbons (Fsp3) is 0.333. The fourth-order valence-corrected chi connectivity index (χ4v) is 6.96. The monoisotopic (exact) mass is 715 g/mol. The number of benzene rings is 3. The second-order valence-electron chi connectivity index (χ2n) is 13.5. The van der Waals surface area contributed by atoms with Crippen molar-refractivity contribution in [1.29, 1.82) is 0 Å². The highest BCUT2D eigenvalue weighted by Gasteiger charge is 2.30. The SMILES string of the molecule is O=C(c1ccccc1)C(O)c1cc(-c2ncnc(Nc3ccc(N4CCN(C5COC5)CC4)cc3)n2)ccc1OC1CCN(C(=O)c2ncc[nH]2)CC1. The number of rotatable bonds is 11. The van der Waals surface area contributed by atoms with Gasteiger partial charge in [-0.05, 0) is 42.5 Å². The highest BCUT2D eigenvalue weighted by Crippen LogP contribution is 2.34. The third-order valence-electron chi connectivity index (χ3n) is 10.1. The Labute approximate surface area is 306 Å². The average molecular weight is 716 g/mol. The van der Waals surface area contributed by atoms with Gasteiger partial charge in [-0.15, -0.1) is 0 Å². The van der Waals surface area contributed by atoms with Crippen LogP contribution in [0.1, 0.15) is 45.5 Å². The molecule has 3 aliphatic heterocycles. The molecule has 0 spiro atoms. The summed E-state index contributed by atoms with van der Waals surface area (Å²) < 4.78 is 11.8. The number of aromatic nitrogens is 5. The molecular formula is C39H41N9O5. The molecule has 272 valence electrons. The van der Waals surface area contributed by atoms with Gasteiger partial charge < -0.3 is 34.7 Å². The van der Waals surface area contributed by atoms with Crippen LogP contribution in [0.15, 0.2) is 91.5 Å². The first-order valence-corrected chi connectivity index (χ1v) is 18.0. The summed E-state index contributed by atoms with van der Waals surface area (Å²) in [7, 11) is 0. The third-order valence-corrected chi connectivity index (χ3v) is 10.1. The van der Waals surface area contributed by atoms with E-state index < -0.39 is 11.9 Å². The smallest absolute Gasteiger partial charge is 0.289 e. The number of hydrogen-bond donors (Lipinski definition) is 3. The lowest BCUT2D eigenvalue weighted by atomic mass is 9.97. The first kappa shape index (κ1) is 34.4. The van der Waals surface area contributed by atoms with Gasteiger partial charge in [0.15, 0.2) is 17.4 Å². The summed E-state index contributed by atoms with van der Waals surface area (Å²) in [5.41, 5.74) is 3.27. The van der Waals surface area contributed by atoms with E-state index in [1.54, 1.807) is 59.8 Å². The lowest BCUT2D eigenvalue weighted by Gasteiger charge is -2.43. The van der Waals surface area contributed by atoms with Gasteiger partial charge >= 0.3 is 0 Å². The van der Waals surface area contributed by atoms with Crippen LogP contribution in [-0.2, 0) is 4.74 Å². The molecule has 5 heterocycles. The van der Waals surface area contributed by atoms with Gasteiger partial charge in [-0.1, -0.05) is 30.3 Å². The number of likely N-dealkylation sites (tertiary alicyclic amines) is 1. The summed E-state index contributed by atoms with van der Waals surface area (Å²) in [6, 6.07) is 22.7. The van der Waals surface area contributed by atoms with Crippen molar-refractivity contribution in [3.05, 3.63) is 108 Å². The number of nitrogens with zero attached hydrogens (tertiary/aromatic N) is 7. The number of aliphatic hydroxyl groups excluding tert-OH is 1. The summed E-state index contributed by atoms with van der Waals surface area (Å²) in [6.45, 7) is 6.67. The van der Waals surface area contributed by atoms with Crippen LogP contribution in [0.3, 0.4) is 0 Å². The molecule has 3 aromatic carbocycles. The number of imidazole rings is 1. The second-order valence-corrected chi connectivity index (χ2v) is 13.5. The van der Waals surface area contributed by atoms with Crippen LogP contribution >= 0.6 is 0 Å². The highest BCUT2D eigenvalue weighted by atomic mass is 16.5. The van der Waals surface area contributed by atoms with E-state index in [-0.39, 0.29) is 12.0 Å². The molecule has 8 rings (SSSR count). The van der Waals surface area contributed by atoms with Crippen LogP contribution in [0.4, 0.5) is 17.3 Å². The number of ether oxygens (including phenoxy) is 2. The van der Waals surface area contributed by atoms with Crippen molar-refractivity contribution in [2.24, 2.45) is 0 Å². The van der Waals surface area contributed by atoms with E-state index in [2.05, 4.69) is 52.2 Å². The van der Waals surface area contributed by atoms with Gasteiger partial charge in [0, 0.05) is 92.6 Å². The number of aliphatic hydroxyl groups is 1. The van der Waals surface area contributed by atoms with E-state index in [9.17, 15) is 14.7 Å². The molecule has 14 heteroatoms. The topological polar surface area (TPSA) is 162 Å².